The molecule has 4 heterocycles. The molecule has 2 fully saturated rings. The van der Waals surface area contributed by atoms with Crippen molar-refractivity contribution in [3.8, 4) is 0 Å². The molecule has 0 aromatic carbocycles. The summed E-state index contributed by atoms with van der Waals surface area (Å²) in [4.78, 5) is 24.1. The number of rotatable bonds is 4. The molecule has 0 radical (unpaired) electrons. The van der Waals surface area contributed by atoms with Crippen LogP contribution < -0.4 is 4.90 Å². The number of hydrogen-bond donors (Lipinski definition) is 0. The number of anilines is 1. The van der Waals surface area contributed by atoms with Gasteiger partial charge in [0.05, 0.1) is 18.7 Å². The van der Waals surface area contributed by atoms with E-state index in [2.05, 4.69) is 31.8 Å². The molecule has 0 unspecified atom stereocenters. The van der Waals surface area contributed by atoms with E-state index in [4.69, 9.17) is 4.42 Å². The van der Waals surface area contributed by atoms with Crippen LogP contribution in [0.2, 0.25) is 0 Å². The zero-order valence-corrected chi connectivity index (χ0v) is 16.0. The predicted molar refractivity (Wildman–Crippen MR) is 104 cm³/mol. The number of nitrogens with zero attached hydrogens (tertiary/aromatic N) is 4. The summed E-state index contributed by atoms with van der Waals surface area (Å²) < 4.78 is 5.46. The van der Waals surface area contributed by atoms with Crippen LogP contribution in [0.1, 0.15) is 24.3 Å². The number of likely N-dealkylation sites (tertiary alicyclic amines) is 1. The molecule has 2 saturated heterocycles. The molecule has 1 atom stereocenters. The summed E-state index contributed by atoms with van der Waals surface area (Å²) in [6.07, 6.45) is 5.65. The number of hydrogen-bond acceptors (Lipinski definition) is 5. The fourth-order valence-electron chi connectivity index (χ4n) is 4.19. The molecule has 1 amide bonds. The average Bonchev–Trinajstić information content (AvgIpc) is 3.21. The van der Waals surface area contributed by atoms with Crippen LogP contribution >= 0.6 is 0 Å². The van der Waals surface area contributed by atoms with Gasteiger partial charge in [0.25, 0.3) is 0 Å². The molecule has 0 bridgehead atoms. The molecule has 6 heteroatoms. The molecule has 4 rings (SSSR count). The van der Waals surface area contributed by atoms with Crippen LogP contribution in [0.3, 0.4) is 0 Å². The standard InChI is InChI=1S/C21H28N4O2/c1-17-14-19(6-7-22-17)24-9-11-25(12-10-24)21(26)18-4-2-8-23(15-18)16-20-5-3-13-27-20/h3,5-7,13-14,18H,2,4,8-12,15-16H2,1H3/t18-/m0/s1. The minimum Gasteiger partial charge on any atom is -0.468 e. The Balaban J connectivity index is 1.31. The normalized spacial score (nSPS) is 21.4. The maximum absolute atomic E-state index is 13.0. The number of piperazine rings is 1. The Kier molecular flexibility index (Phi) is 5.43. The van der Waals surface area contributed by atoms with E-state index in [9.17, 15) is 4.79 Å². The van der Waals surface area contributed by atoms with Gasteiger partial charge in [-0.1, -0.05) is 0 Å². The van der Waals surface area contributed by atoms with Crippen molar-refractivity contribution in [2.24, 2.45) is 5.92 Å². The highest BCUT2D eigenvalue weighted by Crippen LogP contribution is 2.23. The van der Waals surface area contributed by atoms with E-state index >= 15 is 0 Å². The predicted octanol–water partition coefficient (Wildman–Crippen LogP) is 2.54. The summed E-state index contributed by atoms with van der Waals surface area (Å²) in [6.45, 7) is 8.07. The largest absolute Gasteiger partial charge is 0.468 e. The van der Waals surface area contributed by atoms with Crippen molar-refractivity contribution in [1.82, 2.24) is 14.8 Å². The van der Waals surface area contributed by atoms with E-state index in [1.807, 2.05) is 25.3 Å². The molecule has 27 heavy (non-hydrogen) atoms. The summed E-state index contributed by atoms with van der Waals surface area (Å²) in [5.74, 6) is 1.41. The summed E-state index contributed by atoms with van der Waals surface area (Å²) in [5, 5.41) is 0. The van der Waals surface area contributed by atoms with Crippen LogP contribution in [0, 0.1) is 12.8 Å². The maximum Gasteiger partial charge on any atom is 0.227 e. The molecule has 0 N–H and O–H groups in total. The van der Waals surface area contributed by atoms with Gasteiger partial charge in [-0.25, -0.2) is 0 Å². The van der Waals surface area contributed by atoms with Gasteiger partial charge in [-0.3, -0.25) is 14.7 Å². The van der Waals surface area contributed by atoms with Crippen molar-refractivity contribution in [1.29, 1.82) is 0 Å². The van der Waals surface area contributed by atoms with Crippen LogP contribution in [-0.4, -0.2) is 60.0 Å². The Morgan fingerprint density at radius 1 is 1.22 bits per heavy atom. The van der Waals surface area contributed by atoms with Crippen LogP contribution in [0.4, 0.5) is 5.69 Å². The highest BCUT2D eigenvalue weighted by Gasteiger charge is 2.31. The highest BCUT2D eigenvalue weighted by atomic mass is 16.3. The first-order valence-corrected chi connectivity index (χ1v) is 9.90. The van der Waals surface area contributed by atoms with Gasteiger partial charge in [0.2, 0.25) is 5.91 Å². The van der Waals surface area contributed by atoms with Crippen LogP contribution in [0.5, 0.6) is 0 Å². The third-order valence-electron chi connectivity index (χ3n) is 5.65. The number of furan rings is 1. The lowest BCUT2D eigenvalue weighted by atomic mass is 9.96. The maximum atomic E-state index is 13.0. The Bertz CT molecular complexity index is 753. The number of aromatic nitrogens is 1. The van der Waals surface area contributed by atoms with E-state index in [1.54, 1.807) is 6.26 Å². The summed E-state index contributed by atoms with van der Waals surface area (Å²) in [6, 6.07) is 8.10. The van der Waals surface area contributed by atoms with Gasteiger partial charge in [0, 0.05) is 50.3 Å². The molecule has 2 aromatic heterocycles. The number of amides is 1. The summed E-state index contributed by atoms with van der Waals surface area (Å²) in [7, 11) is 0. The summed E-state index contributed by atoms with van der Waals surface area (Å²) >= 11 is 0. The smallest absolute Gasteiger partial charge is 0.227 e. The van der Waals surface area contributed by atoms with Crippen LogP contribution in [-0.2, 0) is 11.3 Å². The lowest BCUT2D eigenvalue weighted by Crippen LogP contribution is -2.52. The zero-order chi connectivity index (χ0) is 18.6. The van der Waals surface area contributed by atoms with E-state index < -0.39 is 0 Å². The minimum absolute atomic E-state index is 0.114. The average molecular weight is 368 g/mol. The van der Waals surface area contributed by atoms with Gasteiger partial charge in [-0.2, -0.15) is 0 Å². The van der Waals surface area contributed by atoms with Gasteiger partial charge in [0.1, 0.15) is 5.76 Å². The number of piperidine rings is 1. The number of pyridine rings is 1. The molecule has 6 nitrogen and oxygen atoms in total. The van der Waals surface area contributed by atoms with Gasteiger partial charge in [-0.05, 0) is 50.6 Å². The van der Waals surface area contributed by atoms with Gasteiger partial charge < -0.3 is 14.2 Å². The fourth-order valence-corrected chi connectivity index (χ4v) is 4.19. The second kappa shape index (κ2) is 8.13. The lowest BCUT2D eigenvalue weighted by molar-refractivity contribution is -0.137. The van der Waals surface area contributed by atoms with Gasteiger partial charge >= 0.3 is 0 Å². The minimum atomic E-state index is 0.114. The van der Waals surface area contributed by atoms with E-state index in [-0.39, 0.29) is 5.92 Å². The number of carbonyl (C=O) groups is 1. The van der Waals surface area contributed by atoms with Crippen LogP contribution in [0.25, 0.3) is 0 Å². The number of aryl methyl sites for hydroxylation is 1. The van der Waals surface area contributed by atoms with Crippen molar-refractivity contribution in [3.63, 3.8) is 0 Å². The third-order valence-corrected chi connectivity index (χ3v) is 5.65. The topological polar surface area (TPSA) is 52.8 Å². The van der Waals surface area contributed by atoms with Gasteiger partial charge in [0.15, 0.2) is 0 Å². The highest BCUT2D eigenvalue weighted by molar-refractivity contribution is 5.79. The van der Waals surface area contributed by atoms with Crippen molar-refractivity contribution >= 4 is 11.6 Å². The van der Waals surface area contributed by atoms with Crippen molar-refractivity contribution in [2.75, 3.05) is 44.2 Å². The number of carbonyl (C=O) groups excluding carboxylic acids is 1. The van der Waals surface area contributed by atoms with Crippen molar-refractivity contribution < 1.29 is 9.21 Å². The Morgan fingerprint density at radius 3 is 2.81 bits per heavy atom. The Morgan fingerprint density at radius 2 is 2.07 bits per heavy atom. The molecule has 0 aliphatic carbocycles. The van der Waals surface area contributed by atoms with E-state index in [0.717, 1.165) is 70.1 Å². The van der Waals surface area contributed by atoms with Crippen LogP contribution in [0.15, 0.2) is 41.1 Å². The quantitative estimate of drug-likeness (QED) is 0.830. The monoisotopic (exact) mass is 368 g/mol. The molecule has 0 spiro atoms. The first-order chi connectivity index (χ1) is 13.2. The molecular weight excluding hydrogens is 340 g/mol. The molecule has 0 saturated carbocycles. The second-order valence-corrected chi connectivity index (χ2v) is 7.62. The summed E-state index contributed by atoms with van der Waals surface area (Å²) in [5.41, 5.74) is 2.24. The van der Waals surface area contributed by atoms with Gasteiger partial charge in [-0.15, -0.1) is 0 Å². The van der Waals surface area contributed by atoms with Crippen molar-refractivity contribution in [3.05, 3.63) is 48.2 Å². The molecule has 2 aliphatic heterocycles. The first kappa shape index (κ1) is 18.0. The second-order valence-electron chi connectivity index (χ2n) is 7.62. The van der Waals surface area contributed by atoms with E-state index in [1.165, 1.54) is 5.69 Å². The Labute approximate surface area is 160 Å². The van der Waals surface area contributed by atoms with E-state index in [0.29, 0.717) is 5.91 Å². The lowest BCUT2D eigenvalue weighted by Gasteiger charge is -2.39. The first-order valence-electron chi connectivity index (χ1n) is 9.90. The van der Waals surface area contributed by atoms with Crippen molar-refractivity contribution in [2.45, 2.75) is 26.3 Å². The fraction of sp³-hybridized carbons (Fsp3) is 0.524. The Hall–Kier alpha value is -2.34. The molecule has 2 aromatic rings. The molecule has 144 valence electrons. The molecule has 2 aliphatic rings. The third kappa shape index (κ3) is 4.33. The molecular formula is C21H28N4O2. The SMILES string of the molecule is Cc1cc(N2CCN(C(=O)[C@H]3CCCN(Cc4ccco4)C3)CC2)ccn1. The zero-order valence-electron chi connectivity index (χ0n) is 16.0.